The standard InChI is InChI=1S/C14H21N7O3/c1-2-3-4-5-10(6-21(24)9-22)14(23)20-19-13-11-12(16-7-15-11)17-8-18-13/h7-10,24H,2-6H2,1H3,(H,20,23)(H2,15,16,17,18,19). The predicted octanol–water partition coefficient (Wildman–Crippen LogP) is 0.840. The van der Waals surface area contributed by atoms with Gasteiger partial charge in [-0.2, -0.15) is 0 Å². The molecule has 4 N–H and O–H groups in total. The molecule has 24 heavy (non-hydrogen) atoms. The minimum absolute atomic E-state index is 0.0671. The first kappa shape index (κ1) is 17.6. The Morgan fingerprint density at radius 1 is 1.42 bits per heavy atom. The first-order chi connectivity index (χ1) is 11.7. The van der Waals surface area contributed by atoms with Gasteiger partial charge in [0.1, 0.15) is 6.33 Å². The van der Waals surface area contributed by atoms with Crippen LogP contribution in [0.15, 0.2) is 12.7 Å². The Bertz CT molecular complexity index is 675. The van der Waals surface area contributed by atoms with Crippen LogP contribution < -0.4 is 10.9 Å². The normalized spacial score (nSPS) is 11.9. The van der Waals surface area contributed by atoms with E-state index in [1.54, 1.807) is 0 Å². The predicted molar refractivity (Wildman–Crippen MR) is 85.6 cm³/mol. The maximum Gasteiger partial charge on any atom is 0.243 e. The fraction of sp³-hybridized carbons (Fsp3) is 0.500. The third-order valence-corrected chi connectivity index (χ3v) is 3.58. The van der Waals surface area contributed by atoms with Gasteiger partial charge in [0.2, 0.25) is 12.3 Å². The maximum atomic E-state index is 12.3. The Morgan fingerprint density at radius 3 is 3.00 bits per heavy atom. The first-order valence-corrected chi connectivity index (χ1v) is 7.76. The number of hydrazine groups is 1. The van der Waals surface area contributed by atoms with Crippen LogP contribution in [-0.4, -0.2) is 49.1 Å². The van der Waals surface area contributed by atoms with E-state index in [4.69, 9.17) is 0 Å². The van der Waals surface area contributed by atoms with Gasteiger partial charge in [0.05, 0.1) is 18.8 Å². The fourth-order valence-corrected chi connectivity index (χ4v) is 2.29. The van der Waals surface area contributed by atoms with Gasteiger partial charge in [-0.25, -0.2) is 20.0 Å². The molecular formula is C14H21N7O3. The van der Waals surface area contributed by atoms with Crippen molar-refractivity contribution in [3.63, 3.8) is 0 Å². The fourth-order valence-electron chi connectivity index (χ4n) is 2.29. The van der Waals surface area contributed by atoms with Gasteiger partial charge in [0.15, 0.2) is 17.0 Å². The zero-order valence-corrected chi connectivity index (χ0v) is 13.4. The lowest BCUT2D eigenvalue weighted by Crippen LogP contribution is -2.40. The van der Waals surface area contributed by atoms with E-state index in [0.717, 1.165) is 19.3 Å². The first-order valence-electron chi connectivity index (χ1n) is 7.76. The van der Waals surface area contributed by atoms with E-state index in [9.17, 15) is 14.8 Å². The van der Waals surface area contributed by atoms with Gasteiger partial charge >= 0.3 is 0 Å². The number of H-pyrrole nitrogens is 1. The van der Waals surface area contributed by atoms with Crippen molar-refractivity contribution < 1.29 is 14.8 Å². The van der Waals surface area contributed by atoms with Crippen molar-refractivity contribution in [1.29, 1.82) is 0 Å². The SMILES string of the molecule is CCCCCC(CN(O)C=O)C(=O)NNc1ncnc2[nH]cnc12. The summed E-state index contributed by atoms with van der Waals surface area (Å²) in [7, 11) is 0. The zero-order valence-electron chi connectivity index (χ0n) is 13.4. The number of fused-ring (bicyclic) bond motifs is 1. The molecule has 2 aromatic heterocycles. The number of aromatic nitrogens is 4. The molecule has 2 rings (SSSR count). The van der Waals surface area contributed by atoms with Crippen molar-refractivity contribution in [2.45, 2.75) is 32.6 Å². The van der Waals surface area contributed by atoms with Crippen molar-refractivity contribution in [3.8, 4) is 0 Å². The molecule has 0 aliphatic carbocycles. The van der Waals surface area contributed by atoms with Gasteiger partial charge in [-0.1, -0.05) is 26.2 Å². The highest BCUT2D eigenvalue weighted by Gasteiger charge is 2.21. The molecule has 2 heterocycles. The van der Waals surface area contributed by atoms with Crippen molar-refractivity contribution in [1.82, 2.24) is 30.4 Å². The molecule has 130 valence electrons. The number of hydroxylamine groups is 2. The second-order valence-corrected chi connectivity index (χ2v) is 5.36. The van der Waals surface area contributed by atoms with Crippen molar-refractivity contribution in [2.24, 2.45) is 5.92 Å². The van der Waals surface area contributed by atoms with E-state index in [2.05, 4.69) is 37.7 Å². The van der Waals surface area contributed by atoms with Crippen molar-refractivity contribution in [3.05, 3.63) is 12.7 Å². The van der Waals surface area contributed by atoms with Crippen LogP contribution in [0.2, 0.25) is 0 Å². The number of carbonyl (C=O) groups excluding carboxylic acids is 2. The molecule has 0 saturated carbocycles. The van der Waals surface area contributed by atoms with Crippen LogP contribution in [0.4, 0.5) is 5.82 Å². The Balaban J connectivity index is 1.98. The maximum absolute atomic E-state index is 12.3. The summed E-state index contributed by atoms with van der Waals surface area (Å²) in [6.45, 7) is 1.99. The molecule has 0 saturated heterocycles. The summed E-state index contributed by atoms with van der Waals surface area (Å²) in [4.78, 5) is 37.9. The number of amides is 2. The minimum Gasteiger partial charge on any atom is -0.329 e. The minimum atomic E-state index is -0.532. The molecule has 10 nitrogen and oxygen atoms in total. The Hall–Kier alpha value is -2.75. The van der Waals surface area contributed by atoms with Gasteiger partial charge in [-0.3, -0.25) is 25.6 Å². The summed E-state index contributed by atoms with van der Waals surface area (Å²) >= 11 is 0. The molecule has 10 heteroatoms. The van der Waals surface area contributed by atoms with E-state index in [0.29, 0.717) is 28.5 Å². The summed E-state index contributed by atoms with van der Waals surface area (Å²) in [5.74, 6) is -0.511. The highest BCUT2D eigenvalue weighted by Crippen LogP contribution is 2.14. The molecular weight excluding hydrogens is 314 g/mol. The molecule has 2 amide bonds. The largest absolute Gasteiger partial charge is 0.329 e. The van der Waals surface area contributed by atoms with Crippen LogP contribution >= 0.6 is 0 Å². The number of unbranched alkanes of at least 4 members (excludes halogenated alkanes) is 2. The number of imidazole rings is 1. The van der Waals surface area contributed by atoms with Crippen LogP contribution in [0.25, 0.3) is 11.2 Å². The smallest absolute Gasteiger partial charge is 0.243 e. The zero-order chi connectivity index (χ0) is 17.4. The summed E-state index contributed by atoms with van der Waals surface area (Å²) in [6, 6.07) is 0. The second kappa shape index (κ2) is 8.77. The third-order valence-electron chi connectivity index (χ3n) is 3.58. The Labute approximate surface area is 138 Å². The number of aromatic amines is 1. The molecule has 0 aliphatic rings. The van der Waals surface area contributed by atoms with E-state index >= 15 is 0 Å². The molecule has 0 bridgehead atoms. The van der Waals surface area contributed by atoms with Gasteiger partial charge in [0, 0.05) is 0 Å². The molecule has 0 radical (unpaired) electrons. The molecule has 0 fully saturated rings. The number of rotatable bonds is 10. The van der Waals surface area contributed by atoms with Gasteiger partial charge < -0.3 is 4.98 Å². The van der Waals surface area contributed by atoms with E-state index in [-0.39, 0.29) is 18.9 Å². The average Bonchev–Trinajstić information content (AvgIpc) is 3.08. The van der Waals surface area contributed by atoms with Crippen LogP contribution in [0.3, 0.4) is 0 Å². The Morgan fingerprint density at radius 2 is 2.25 bits per heavy atom. The summed E-state index contributed by atoms with van der Waals surface area (Å²) in [5, 5.41) is 9.84. The number of hydrogen-bond acceptors (Lipinski definition) is 7. The van der Waals surface area contributed by atoms with Gasteiger partial charge in [0.25, 0.3) is 0 Å². The quantitative estimate of drug-likeness (QED) is 0.218. The van der Waals surface area contributed by atoms with Gasteiger partial charge in [-0.05, 0) is 6.42 Å². The topological polar surface area (TPSA) is 136 Å². The number of nitrogens with zero attached hydrogens (tertiary/aromatic N) is 4. The average molecular weight is 335 g/mol. The van der Waals surface area contributed by atoms with Crippen LogP contribution in [0.5, 0.6) is 0 Å². The number of hydrogen-bond donors (Lipinski definition) is 4. The monoisotopic (exact) mass is 335 g/mol. The van der Waals surface area contributed by atoms with Crippen LogP contribution in [0.1, 0.15) is 32.6 Å². The van der Waals surface area contributed by atoms with Crippen LogP contribution in [-0.2, 0) is 9.59 Å². The molecule has 1 unspecified atom stereocenters. The van der Waals surface area contributed by atoms with Crippen molar-refractivity contribution >= 4 is 29.3 Å². The lowest BCUT2D eigenvalue weighted by atomic mass is 10.0. The summed E-state index contributed by atoms with van der Waals surface area (Å²) < 4.78 is 0. The number of carbonyl (C=O) groups is 2. The highest BCUT2D eigenvalue weighted by atomic mass is 16.5. The summed E-state index contributed by atoms with van der Waals surface area (Å²) in [5.41, 5.74) is 6.31. The molecule has 0 spiro atoms. The number of anilines is 1. The van der Waals surface area contributed by atoms with Gasteiger partial charge in [-0.15, -0.1) is 0 Å². The van der Waals surface area contributed by atoms with Crippen molar-refractivity contribution in [2.75, 3.05) is 12.0 Å². The highest BCUT2D eigenvalue weighted by molar-refractivity contribution is 5.85. The molecule has 0 aromatic carbocycles. The van der Waals surface area contributed by atoms with E-state index in [1.807, 2.05) is 0 Å². The third kappa shape index (κ3) is 4.62. The molecule has 0 aliphatic heterocycles. The van der Waals surface area contributed by atoms with E-state index in [1.165, 1.54) is 12.7 Å². The second-order valence-electron chi connectivity index (χ2n) is 5.36. The summed E-state index contributed by atoms with van der Waals surface area (Å²) in [6.07, 6.45) is 6.49. The number of nitrogens with one attached hydrogen (secondary N) is 3. The molecule has 1 atom stereocenters. The van der Waals surface area contributed by atoms with Crippen LogP contribution in [0, 0.1) is 5.92 Å². The molecule has 2 aromatic rings. The Kier molecular flexibility index (Phi) is 6.43. The lowest BCUT2D eigenvalue weighted by Gasteiger charge is -2.19. The van der Waals surface area contributed by atoms with E-state index < -0.39 is 5.92 Å². The lowest BCUT2D eigenvalue weighted by molar-refractivity contribution is -0.154.